The zero-order valence-electron chi connectivity index (χ0n) is 37.6. The maximum absolute atomic E-state index is 11.9. The Bertz CT molecular complexity index is 808. The lowest BCUT2D eigenvalue weighted by Crippen LogP contribution is -2.36. The molecule has 0 bridgehead atoms. The van der Waals surface area contributed by atoms with Crippen LogP contribution in [0.15, 0.2) is 0 Å². The molecule has 0 aliphatic rings. The summed E-state index contributed by atoms with van der Waals surface area (Å²) in [7, 11) is 1.68. The van der Waals surface area contributed by atoms with Gasteiger partial charge in [0.15, 0.2) is 0 Å². The summed E-state index contributed by atoms with van der Waals surface area (Å²) in [4.78, 5) is 13.4. The van der Waals surface area contributed by atoms with E-state index >= 15 is 0 Å². The van der Waals surface area contributed by atoms with E-state index < -0.39 is 5.60 Å². The number of ether oxygens (including phenoxy) is 13. The van der Waals surface area contributed by atoms with Gasteiger partial charge < -0.3 is 66.5 Å². The van der Waals surface area contributed by atoms with Gasteiger partial charge in [0.05, 0.1) is 152 Å². The van der Waals surface area contributed by atoms with E-state index in [0.717, 1.165) is 13.0 Å². The standard InChI is InChI=1S/C43H87NO14/c1-6-7-8-9-10-11-12-13-14-15-16-18-46-20-22-48-24-26-50-28-30-52-32-34-54-36-38-56-40-41-57-39-37-55-35-33-53-31-29-51-27-25-49-23-21-47-19-17-44(5)42(45)58-43(2,3)4/h6-41H2,1-5H3. The minimum atomic E-state index is -0.511. The van der Waals surface area contributed by atoms with Gasteiger partial charge in [0.25, 0.3) is 0 Å². The Balaban J connectivity index is 3.12. The number of rotatable bonds is 48. The van der Waals surface area contributed by atoms with Gasteiger partial charge in [0.2, 0.25) is 0 Å². The number of likely N-dealkylation sites (N-methyl/N-ethyl adjacent to an activating group) is 1. The predicted octanol–water partition coefficient (Wildman–Crippen LogP) is 6.36. The Morgan fingerprint density at radius 2 is 0.569 bits per heavy atom. The minimum Gasteiger partial charge on any atom is -0.444 e. The molecule has 0 aromatic heterocycles. The van der Waals surface area contributed by atoms with Crippen molar-refractivity contribution < 1.29 is 66.4 Å². The highest BCUT2D eigenvalue weighted by atomic mass is 16.6. The van der Waals surface area contributed by atoms with Gasteiger partial charge in [0.1, 0.15) is 5.60 Å². The van der Waals surface area contributed by atoms with Crippen molar-refractivity contribution in [2.45, 2.75) is 104 Å². The molecular weight excluding hydrogens is 754 g/mol. The van der Waals surface area contributed by atoms with E-state index in [1.165, 1.54) is 69.1 Å². The fourth-order valence-electron chi connectivity index (χ4n) is 5.02. The van der Waals surface area contributed by atoms with Gasteiger partial charge in [-0.2, -0.15) is 0 Å². The van der Waals surface area contributed by atoms with Gasteiger partial charge in [-0.15, -0.1) is 0 Å². The first-order valence-corrected chi connectivity index (χ1v) is 22.2. The maximum atomic E-state index is 11.9. The summed E-state index contributed by atoms with van der Waals surface area (Å²) in [5, 5.41) is 0. The molecule has 15 heteroatoms. The largest absolute Gasteiger partial charge is 0.444 e. The number of nitrogens with zero attached hydrogens (tertiary/aromatic N) is 1. The van der Waals surface area contributed by atoms with Crippen LogP contribution in [0.25, 0.3) is 0 Å². The highest BCUT2D eigenvalue weighted by Gasteiger charge is 2.19. The molecule has 0 aromatic carbocycles. The van der Waals surface area contributed by atoms with Crippen molar-refractivity contribution in [1.82, 2.24) is 4.90 Å². The van der Waals surface area contributed by atoms with E-state index in [0.29, 0.717) is 159 Å². The molecule has 0 rings (SSSR count). The van der Waals surface area contributed by atoms with Gasteiger partial charge in [0, 0.05) is 20.2 Å². The third-order valence-corrected chi connectivity index (χ3v) is 8.26. The molecule has 0 heterocycles. The lowest BCUT2D eigenvalue weighted by molar-refractivity contribution is -0.0285. The molecule has 0 aliphatic heterocycles. The number of carbonyl (C=O) groups is 1. The topological polar surface area (TPSA) is 140 Å². The van der Waals surface area contributed by atoms with Crippen molar-refractivity contribution in [3.63, 3.8) is 0 Å². The molecule has 15 nitrogen and oxygen atoms in total. The molecule has 0 aliphatic carbocycles. The molecule has 0 N–H and O–H groups in total. The van der Waals surface area contributed by atoms with E-state index in [2.05, 4.69) is 6.92 Å². The van der Waals surface area contributed by atoms with Crippen LogP contribution in [0.4, 0.5) is 4.79 Å². The second-order valence-electron chi connectivity index (χ2n) is 14.8. The summed E-state index contributed by atoms with van der Waals surface area (Å²) in [6.07, 6.45) is 14.5. The number of amides is 1. The summed E-state index contributed by atoms with van der Waals surface area (Å²) in [5.41, 5.74) is -0.511. The molecule has 0 aromatic rings. The van der Waals surface area contributed by atoms with Gasteiger partial charge in [-0.25, -0.2) is 4.79 Å². The van der Waals surface area contributed by atoms with E-state index in [4.69, 9.17) is 61.6 Å². The fourth-order valence-corrected chi connectivity index (χ4v) is 5.02. The highest BCUT2D eigenvalue weighted by Crippen LogP contribution is 2.11. The summed E-state index contributed by atoms with van der Waals surface area (Å²) in [5.74, 6) is 0. The van der Waals surface area contributed by atoms with Gasteiger partial charge in [-0.1, -0.05) is 71.1 Å². The lowest BCUT2D eigenvalue weighted by atomic mass is 10.1. The second kappa shape index (κ2) is 46.8. The van der Waals surface area contributed by atoms with Crippen molar-refractivity contribution >= 4 is 6.09 Å². The van der Waals surface area contributed by atoms with Crippen molar-refractivity contribution in [1.29, 1.82) is 0 Å². The van der Waals surface area contributed by atoms with Crippen LogP contribution in [0.1, 0.15) is 98.3 Å². The number of unbranched alkanes of at least 4 members (excludes halogenated alkanes) is 10. The zero-order chi connectivity index (χ0) is 42.3. The molecule has 0 saturated heterocycles. The summed E-state index contributed by atoms with van der Waals surface area (Å²) in [6, 6.07) is 0. The third-order valence-electron chi connectivity index (χ3n) is 8.26. The summed E-state index contributed by atoms with van der Waals surface area (Å²) in [6.45, 7) is 20.8. The average Bonchev–Trinajstić information content (AvgIpc) is 3.19. The number of carbonyl (C=O) groups excluding carboxylic acids is 1. The molecule has 1 amide bonds. The van der Waals surface area contributed by atoms with E-state index in [1.54, 1.807) is 7.05 Å². The molecule has 0 atom stereocenters. The quantitative estimate of drug-likeness (QED) is 0.0628. The number of hydrogen-bond donors (Lipinski definition) is 0. The van der Waals surface area contributed by atoms with Crippen LogP contribution in [0.5, 0.6) is 0 Å². The van der Waals surface area contributed by atoms with Gasteiger partial charge in [-0.3, -0.25) is 0 Å². The third kappa shape index (κ3) is 49.2. The smallest absolute Gasteiger partial charge is 0.410 e. The van der Waals surface area contributed by atoms with Crippen molar-refractivity contribution in [2.24, 2.45) is 0 Å². The van der Waals surface area contributed by atoms with Crippen LogP contribution in [0, 0.1) is 0 Å². The Hall–Kier alpha value is -1.21. The summed E-state index contributed by atoms with van der Waals surface area (Å²) >= 11 is 0. The Morgan fingerprint density at radius 3 is 0.828 bits per heavy atom. The first kappa shape index (κ1) is 56.8. The molecule has 0 radical (unpaired) electrons. The van der Waals surface area contributed by atoms with Crippen LogP contribution in [0.3, 0.4) is 0 Å². The van der Waals surface area contributed by atoms with E-state index in [1.807, 2.05) is 20.8 Å². The molecular formula is C43H87NO14. The fraction of sp³-hybridized carbons (Fsp3) is 0.977. The van der Waals surface area contributed by atoms with Crippen molar-refractivity contribution in [2.75, 3.05) is 172 Å². The Morgan fingerprint density at radius 1 is 0.345 bits per heavy atom. The molecule has 58 heavy (non-hydrogen) atoms. The zero-order valence-corrected chi connectivity index (χ0v) is 37.6. The van der Waals surface area contributed by atoms with E-state index in [-0.39, 0.29) is 6.09 Å². The van der Waals surface area contributed by atoms with Crippen LogP contribution in [0.2, 0.25) is 0 Å². The Kier molecular flexibility index (Phi) is 45.9. The second-order valence-corrected chi connectivity index (χ2v) is 14.8. The van der Waals surface area contributed by atoms with Crippen LogP contribution >= 0.6 is 0 Å². The maximum Gasteiger partial charge on any atom is 0.410 e. The molecule has 348 valence electrons. The van der Waals surface area contributed by atoms with Crippen LogP contribution in [-0.2, 0) is 61.6 Å². The highest BCUT2D eigenvalue weighted by molar-refractivity contribution is 5.67. The van der Waals surface area contributed by atoms with Gasteiger partial charge >= 0.3 is 6.09 Å². The molecule has 0 fully saturated rings. The predicted molar refractivity (Wildman–Crippen MR) is 225 cm³/mol. The van der Waals surface area contributed by atoms with E-state index in [9.17, 15) is 4.79 Å². The number of hydrogen-bond acceptors (Lipinski definition) is 14. The van der Waals surface area contributed by atoms with Crippen molar-refractivity contribution in [3.8, 4) is 0 Å². The van der Waals surface area contributed by atoms with Gasteiger partial charge in [-0.05, 0) is 27.2 Å². The van der Waals surface area contributed by atoms with Crippen molar-refractivity contribution in [3.05, 3.63) is 0 Å². The molecule has 0 unspecified atom stereocenters. The summed E-state index contributed by atoms with van der Waals surface area (Å²) < 4.78 is 71.6. The lowest BCUT2D eigenvalue weighted by Gasteiger charge is -2.24. The first-order valence-electron chi connectivity index (χ1n) is 22.2. The minimum absolute atomic E-state index is 0.363. The molecule has 0 spiro atoms. The van der Waals surface area contributed by atoms with Crippen LogP contribution in [-0.4, -0.2) is 189 Å². The molecule has 0 saturated carbocycles. The average molecular weight is 842 g/mol. The monoisotopic (exact) mass is 842 g/mol. The SMILES string of the molecule is CCCCCCCCCCCCCOCCOCCOCCOCCOCCOCCOCCOCCOCCOCCOCCOCCN(C)C(=O)OC(C)(C)C. The van der Waals surface area contributed by atoms with Crippen LogP contribution < -0.4 is 0 Å². The normalized spacial score (nSPS) is 11.8. The first-order chi connectivity index (χ1) is 28.4. The Labute approximate surface area is 352 Å².